The second-order valence-electron chi connectivity index (χ2n) is 4.78. The van der Waals surface area contributed by atoms with Gasteiger partial charge in [-0.1, -0.05) is 24.3 Å². The fourth-order valence-corrected chi connectivity index (χ4v) is 2.60. The molecule has 0 bridgehead atoms. The predicted octanol–water partition coefficient (Wildman–Crippen LogP) is 3.56. The Morgan fingerprint density at radius 1 is 1.09 bits per heavy atom. The molecule has 0 saturated heterocycles. The van der Waals surface area contributed by atoms with Gasteiger partial charge >= 0.3 is 0 Å². The Bertz CT molecular complexity index is 763. The molecule has 0 fully saturated rings. The third-order valence-electron chi connectivity index (χ3n) is 2.95. The van der Waals surface area contributed by atoms with Crippen molar-refractivity contribution in [2.45, 2.75) is 4.90 Å². The molecular formula is C17H14N2O2S. The Labute approximate surface area is 133 Å². The van der Waals surface area contributed by atoms with E-state index >= 15 is 0 Å². The van der Waals surface area contributed by atoms with Gasteiger partial charge in [0, 0.05) is 30.1 Å². The maximum Gasteiger partial charge on any atom is 0.285 e. The van der Waals surface area contributed by atoms with Crippen molar-refractivity contribution in [3.63, 3.8) is 0 Å². The van der Waals surface area contributed by atoms with Crippen LogP contribution in [0.5, 0.6) is 0 Å². The summed E-state index contributed by atoms with van der Waals surface area (Å²) in [6.07, 6.45) is 0. The van der Waals surface area contributed by atoms with Crippen LogP contribution in [0.1, 0.15) is 21.5 Å². The molecule has 0 aliphatic heterocycles. The maximum atomic E-state index is 12.6. The number of rotatable bonds is 3. The molecule has 0 atom stereocenters. The van der Waals surface area contributed by atoms with Crippen LogP contribution in [-0.4, -0.2) is 30.0 Å². The highest BCUT2D eigenvalue weighted by molar-refractivity contribution is 8.13. The first-order valence-electron chi connectivity index (χ1n) is 6.56. The van der Waals surface area contributed by atoms with Gasteiger partial charge < -0.3 is 4.90 Å². The molecule has 110 valence electrons. The lowest BCUT2D eigenvalue weighted by Crippen LogP contribution is -2.16. The van der Waals surface area contributed by atoms with Crippen molar-refractivity contribution in [3.05, 3.63) is 65.2 Å². The molecule has 0 radical (unpaired) electrons. The molecule has 2 aromatic rings. The number of ketones is 1. The van der Waals surface area contributed by atoms with E-state index < -0.39 is 0 Å². The van der Waals surface area contributed by atoms with Crippen LogP contribution in [0, 0.1) is 11.3 Å². The fraction of sp³-hybridized carbons (Fsp3) is 0.118. The van der Waals surface area contributed by atoms with Crippen LogP contribution in [0.25, 0.3) is 0 Å². The number of benzene rings is 2. The summed E-state index contributed by atoms with van der Waals surface area (Å²) in [5.74, 6) is -0.202. The highest BCUT2D eigenvalue weighted by Crippen LogP contribution is 2.26. The third-order valence-corrected chi connectivity index (χ3v) is 4.06. The van der Waals surface area contributed by atoms with Gasteiger partial charge in [-0.2, -0.15) is 5.26 Å². The zero-order chi connectivity index (χ0) is 16.1. The molecule has 0 aromatic heterocycles. The molecule has 0 saturated carbocycles. The average molecular weight is 310 g/mol. The highest BCUT2D eigenvalue weighted by atomic mass is 32.2. The molecule has 0 heterocycles. The molecule has 0 unspecified atom stereocenters. The smallest absolute Gasteiger partial charge is 0.285 e. The Hall–Kier alpha value is -2.58. The van der Waals surface area contributed by atoms with Crippen LogP contribution in [0.2, 0.25) is 0 Å². The molecule has 5 heteroatoms. The minimum absolute atomic E-state index is 0.147. The minimum Gasteiger partial charge on any atom is -0.339 e. The van der Waals surface area contributed by atoms with Crippen molar-refractivity contribution in [1.82, 2.24) is 4.90 Å². The minimum atomic E-state index is -0.202. The average Bonchev–Trinajstić information content (AvgIpc) is 2.54. The third kappa shape index (κ3) is 3.54. The normalized spacial score (nSPS) is 9.86. The van der Waals surface area contributed by atoms with E-state index in [1.807, 2.05) is 6.07 Å². The molecule has 4 nitrogen and oxygen atoms in total. The van der Waals surface area contributed by atoms with Crippen LogP contribution in [-0.2, 0) is 0 Å². The van der Waals surface area contributed by atoms with E-state index in [0.717, 1.165) is 11.8 Å². The van der Waals surface area contributed by atoms with Gasteiger partial charge in [-0.25, -0.2) is 0 Å². The van der Waals surface area contributed by atoms with Gasteiger partial charge in [0.25, 0.3) is 5.24 Å². The van der Waals surface area contributed by atoms with Crippen LogP contribution in [0.3, 0.4) is 0 Å². The van der Waals surface area contributed by atoms with Crippen LogP contribution in [0.15, 0.2) is 53.4 Å². The lowest BCUT2D eigenvalue weighted by atomic mass is 10.0. The Morgan fingerprint density at radius 2 is 1.82 bits per heavy atom. The highest BCUT2D eigenvalue weighted by Gasteiger charge is 2.17. The first-order chi connectivity index (χ1) is 10.5. The van der Waals surface area contributed by atoms with Gasteiger partial charge in [0.2, 0.25) is 0 Å². The number of amides is 1. The number of carbonyl (C=O) groups excluding carboxylic acids is 2. The van der Waals surface area contributed by atoms with E-state index in [2.05, 4.69) is 0 Å². The topological polar surface area (TPSA) is 61.2 Å². The van der Waals surface area contributed by atoms with Gasteiger partial charge in [0.15, 0.2) is 5.78 Å². The van der Waals surface area contributed by atoms with Crippen LogP contribution < -0.4 is 0 Å². The van der Waals surface area contributed by atoms with Crippen LogP contribution >= 0.6 is 11.8 Å². The largest absolute Gasteiger partial charge is 0.339 e. The molecule has 2 aromatic carbocycles. The summed E-state index contributed by atoms with van der Waals surface area (Å²) in [7, 11) is 3.33. The summed E-state index contributed by atoms with van der Waals surface area (Å²) in [6, 6.07) is 15.5. The summed E-state index contributed by atoms with van der Waals surface area (Å²) in [4.78, 5) is 26.6. The van der Waals surface area contributed by atoms with Crippen molar-refractivity contribution >= 4 is 22.8 Å². The van der Waals surface area contributed by atoms with Gasteiger partial charge in [-0.05, 0) is 36.0 Å². The number of carbonyl (C=O) groups is 2. The SMILES string of the molecule is CN(C)C(=O)Sc1ccccc1C(=O)c1cccc(C#N)c1. The first kappa shape index (κ1) is 15.8. The van der Waals surface area contributed by atoms with E-state index in [1.54, 1.807) is 62.6 Å². The standard InChI is InChI=1S/C17H14N2O2S/c1-19(2)17(21)22-15-9-4-3-8-14(15)16(20)13-7-5-6-12(10-13)11-18/h3-10H,1-2H3. The monoisotopic (exact) mass is 310 g/mol. The van der Waals surface area contributed by atoms with Gasteiger partial charge in [-0.15, -0.1) is 0 Å². The number of thioether (sulfide) groups is 1. The Balaban J connectivity index is 2.38. The lowest BCUT2D eigenvalue weighted by Gasteiger charge is -2.12. The summed E-state index contributed by atoms with van der Waals surface area (Å²) in [5.41, 5.74) is 1.32. The van der Waals surface area contributed by atoms with Gasteiger partial charge in [0.1, 0.15) is 0 Å². The van der Waals surface area contributed by atoms with E-state index in [9.17, 15) is 9.59 Å². The number of hydrogen-bond acceptors (Lipinski definition) is 4. The van der Waals surface area contributed by atoms with Crippen molar-refractivity contribution in [2.24, 2.45) is 0 Å². The predicted molar refractivity (Wildman–Crippen MR) is 86.0 cm³/mol. The van der Waals surface area contributed by atoms with Crippen molar-refractivity contribution in [1.29, 1.82) is 5.26 Å². The zero-order valence-corrected chi connectivity index (χ0v) is 13.1. The molecular weight excluding hydrogens is 296 g/mol. The second-order valence-corrected chi connectivity index (χ2v) is 5.77. The fourth-order valence-electron chi connectivity index (χ4n) is 1.81. The van der Waals surface area contributed by atoms with Gasteiger partial charge in [-0.3, -0.25) is 9.59 Å². The second kappa shape index (κ2) is 6.92. The summed E-state index contributed by atoms with van der Waals surface area (Å²) in [5, 5.41) is 8.79. The molecule has 0 spiro atoms. The Kier molecular flexibility index (Phi) is 4.97. The van der Waals surface area contributed by atoms with Gasteiger partial charge in [0.05, 0.1) is 11.6 Å². The first-order valence-corrected chi connectivity index (χ1v) is 7.37. The molecule has 0 aliphatic carbocycles. The summed E-state index contributed by atoms with van der Waals surface area (Å²) >= 11 is 1.01. The summed E-state index contributed by atoms with van der Waals surface area (Å²) in [6.45, 7) is 0. The Morgan fingerprint density at radius 3 is 2.50 bits per heavy atom. The van der Waals surface area contributed by atoms with E-state index in [1.165, 1.54) is 4.90 Å². The van der Waals surface area contributed by atoms with Crippen molar-refractivity contribution < 1.29 is 9.59 Å². The number of hydrogen-bond donors (Lipinski definition) is 0. The zero-order valence-electron chi connectivity index (χ0n) is 12.2. The molecule has 2 rings (SSSR count). The maximum absolute atomic E-state index is 12.6. The lowest BCUT2D eigenvalue weighted by molar-refractivity contribution is 0.103. The van der Waals surface area contributed by atoms with E-state index in [0.29, 0.717) is 21.6 Å². The van der Waals surface area contributed by atoms with Crippen LogP contribution in [0.4, 0.5) is 4.79 Å². The molecule has 0 N–H and O–H groups in total. The van der Waals surface area contributed by atoms with E-state index in [-0.39, 0.29) is 11.0 Å². The van der Waals surface area contributed by atoms with Crippen molar-refractivity contribution in [2.75, 3.05) is 14.1 Å². The summed E-state index contributed by atoms with van der Waals surface area (Å²) < 4.78 is 0. The number of nitriles is 1. The quantitative estimate of drug-likeness (QED) is 0.642. The molecule has 1 amide bonds. The molecule has 0 aliphatic rings. The number of nitrogens with zero attached hydrogens (tertiary/aromatic N) is 2. The van der Waals surface area contributed by atoms with Crippen molar-refractivity contribution in [3.8, 4) is 6.07 Å². The van der Waals surface area contributed by atoms with E-state index in [4.69, 9.17) is 5.26 Å². The molecule has 22 heavy (non-hydrogen) atoms.